The van der Waals surface area contributed by atoms with Gasteiger partial charge in [-0.25, -0.2) is 0 Å². The zero-order valence-corrected chi connectivity index (χ0v) is 18.6. The normalized spacial score (nSPS) is 24.4. The molecule has 1 aromatic rings. The van der Waals surface area contributed by atoms with Crippen LogP contribution >= 0.6 is 24.0 Å². The molecule has 0 amide bonds. The van der Waals surface area contributed by atoms with Crippen molar-refractivity contribution in [1.29, 1.82) is 0 Å². The van der Waals surface area contributed by atoms with Gasteiger partial charge in [0, 0.05) is 19.1 Å². The Labute approximate surface area is 175 Å². The van der Waals surface area contributed by atoms with E-state index in [1.807, 2.05) is 0 Å². The smallest absolute Gasteiger partial charge is 0.194 e. The summed E-state index contributed by atoms with van der Waals surface area (Å²) in [6.07, 6.45) is 2.67. The van der Waals surface area contributed by atoms with Crippen molar-refractivity contribution in [2.45, 2.75) is 38.8 Å². The Balaban J connectivity index is 0.00000243. The van der Waals surface area contributed by atoms with Crippen molar-refractivity contribution < 1.29 is 4.74 Å². The van der Waals surface area contributed by atoms with Crippen molar-refractivity contribution >= 4 is 29.9 Å². The number of guanidine groups is 1. The molecule has 0 bridgehead atoms. The van der Waals surface area contributed by atoms with E-state index in [1.54, 1.807) is 0 Å². The number of rotatable bonds is 4. The molecular weight excluding hydrogens is 439 g/mol. The minimum atomic E-state index is 0. The molecule has 1 aromatic carbocycles. The number of hydrogen-bond acceptors (Lipinski definition) is 3. The van der Waals surface area contributed by atoms with Crippen molar-refractivity contribution in [1.82, 2.24) is 15.1 Å². The lowest BCUT2D eigenvalue weighted by Gasteiger charge is -2.36. The van der Waals surface area contributed by atoms with Gasteiger partial charge >= 0.3 is 0 Å². The van der Waals surface area contributed by atoms with Crippen LogP contribution in [0.2, 0.25) is 0 Å². The largest absolute Gasteiger partial charge is 0.370 e. The van der Waals surface area contributed by atoms with Crippen LogP contribution in [0.5, 0.6) is 0 Å². The lowest BCUT2D eigenvalue weighted by molar-refractivity contribution is -0.00835. The van der Waals surface area contributed by atoms with E-state index in [2.05, 4.69) is 60.3 Å². The maximum Gasteiger partial charge on any atom is 0.194 e. The highest BCUT2D eigenvalue weighted by atomic mass is 127. The molecule has 0 radical (unpaired) electrons. The summed E-state index contributed by atoms with van der Waals surface area (Å²) in [6, 6.07) is 9.11. The quantitative estimate of drug-likeness (QED) is 0.416. The molecule has 2 saturated heterocycles. The lowest BCUT2D eigenvalue weighted by atomic mass is 10.0. The van der Waals surface area contributed by atoms with E-state index in [0.29, 0.717) is 6.04 Å². The van der Waals surface area contributed by atoms with Crippen LogP contribution < -0.4 is 5.32 Å². The van der Waals surface area contributed by atoms with Crippen LogP contribution in [-0.4, -0.2) is 68.2 Å². The van der Waals surface area contributed by atoms with Gasteiger partial charge in [0.05, 0.1) is 19.7 Å². The second-order valence-corrected chi connectivity index (χ2v) is 7.13. The highest BCUT2D eigenvalue weighted by Crippen LogP contribution is 2.25. The predicted octanol–water partition coefficient (Wildman–Crippen LogP) is 3.05. The van der Waals surface area contributed by atoms with Crippen LogP contribution in [0.25, 0.3) is 0 Å². The Morgan fingerprint density at radius 3 is 2.81 bits per heavy atom. The van der Waals surface area contributed by atoms with Crippen LogP contribution in [0.15, 0.2) is 29.3 Å². The van der Waals surface area contributed by atoms with Gasteiger partial charge in [-0.1, -0.05) is 24.3 Å². The second kappa shape index (κ2) is 10.5. The van der Waals surface area contributed by atoms with Crippen LogP contribution in [0.1, 0.15) is 37.0 Å². The lowest BCUT2D eigenvalue weighted by Crippen LogP contribution is -2.48. The fraction of sp³-hybridized carbons (Fsp3) is 0.650. The molecule has 5 nitrogen and oxygen atoms in total. The summed E-state index contributed by atoms with van der Waals surface area (Å²) < 4.78 is 6.07. The van der Waals surface area contributed by atoms with Gasteiger partial charge in [-0.3, -0.25) is 4.99 Å². The van der Waals surface area contributed by atoms with Crippen molar-refractivity contribution in [3.8, 4) is 0 Å². The van der Waals surface area contributed by atoms with Crippen LogP contribution in [0.3, 0.4) is 0 Å². The maximum atomic E-state index is 6.07. The molecule has 0 spiro atoms. The van der Waals surface area contributed by atoms with E-state index in [-0.39, 0.29) is 30.1 Å². The molecule has 0 saturated carbocycles. The molecule has 0 aliphatic carbocycles. The molecule has 2 unspecified atom stereocenters. The monoisotopic (exact) mass is 472 g/mol. The molecule has 6 heteroatoms. The topological polar surface area (TPSA) is 40.1 Å². The highest BCUT2D eigenvalue weighted by molar-refractivity contribution is 14.0. The summed E-state index contributed by atoms with van der Waals surface area (Å²) in [7, 11) is 2.21. The van der Waals surface area contributed by atoms with Crippen molar-refractivity contribution in [3.05, 3.63) is 35.4 Å². The third kappa shape index (κ3) is 5.33. The van der Waals surface area contributed by atoms with Gasteiger partial charge in [-0.2, -0.15) is 0 Å². The average molecular weight is 472 g/mol. The maximum absolute atomic E-state index is 6.07. The van der Waals surface area contributed by atoms with E-state index in [0.717, 1.165) is 38.7 Å². The summed E-state index contributed by atoms with van der Waals surface area (Å²) in [5, 5.41) is 3.48. The minimum Gasteiger partial charge on any atom is -0.370 e. The Kier molecular flexibility index (Phi) is 8.63. The van der Waals surface area contributed by atoms with Crippen molar-refractivity contribution in [2.75, 3.05) is 46.4 Å². The summed E-state index contributed by atoms with van der Waals surface area (Å²) in [5.41, 5.74) is 2.59. The molecule has 0 aromatic heterocycles. The third-order valence-electron chi connectivity index (χ3n) is 5.36. The number of halogens is 1. The van der Waals surface area contributed by atoms with E-state index in [9.17, 15) is 0 Å². The first-order valence-corrected chi connectivity index (χ1v) is 9.59. The number of nitrogens with one attached hydrogen (secondary N) is 1. The summed E-state index contributed by atoms with van der Waals surface area (Å²) >= 11 is 0. The van der Waals surface area contributed by atoms with E-state index >= 15 is 0 Å². The number of hydrogen-bond donors (Lipinski definition) is 1. The van der Waals surface area contributed by atoms with Crippen molar-refractivity contribution in [3.63, 3.8) is 0 Å². The first kappa shape index (κ1) is 21.4. The number of nitrogens with zero attached hydrogens (tertiary/aromatic N) is 3. The average Bonchev–Trinajstić information content (AvgIpc) is 3.04. The third-order valence-corrected chi connectivity index (χ3v) is 5.36. The molecule has 146 valence electrons. The van der Waals surface area contributed by atoms with Gasteiger partial charge < -0.3 is 19.9 Å². The van der Waals surface area contributed by atoms with E-state index in [4.69, 9.17) is 9.73 Å². The molecule has 3 rings (SSSR count). The van der Waals surface area contributed by atoms with E-state index < -0.39 is 0 Å². The Hall–Kier alpha value is -0.860. The summed E-state index contributed by atoms with van der Waals surface area (Å²) in [5.74, 6) is 1.03. The number of benzene rings is 1. The van der Waals surface area contributed by atoms with Crippen LogP contribution in [-0.2, 0) is 4.74 Å². The van der Waals surface area contributed by atoms with Gasteiger partial charge in [0.2, 0.25) is 0 Å². The standard InChI is InChI=1S/C20H32N4O.HI/c1-4-21-20(22-14-17-9-7-11-23(17)3)24-12-13-25-19(15-24)18-10-6-5-8-16(18)2;/h5-6,8,10,17,19H,4,7,9,11-15H2,1-3H3,(H,21,22);1H. The Bertz CT molecular complexity index is 595. The molecule has 26 heavy (non-hydrogen) atoms. The highest BCUT2D eigenvalue weighted by Gasteiger charge is 2.26. The zero-order valence-electron chi connectivity index (χ0n) is 16.3. The number of ether oxygens (including phenoxy) is 1. The van der Waals surface area contributed by atoms with Gasteiger partial charge in [-0.05, 0) is 51.4 Å². The van der Waals surface area contributed by atoms with Crippen LogP contribution in [0, 0.1) is 6.92 Å². The number of likely N-dealkylation sites (N-methyl/N-ethyl adjacent to an activating group) is 1. The molecule has 2 aliphatic heterocycles. The number of likely N-dealkylation sites (tertiary alicyclic amines) is 1. The molecule has 2 heterocycles. The molecule has 2 atom stereocenters. The molecule has 2 aliphatic rings. The predicted molar refractivity (Wildman–Crippen MR) is 118 cm³/mol. The fourth-order valence-corrected chi connectivity index (χ4v) is 3.81. The number of morpholine rings is 1. The first-order chi connectivity index (χ1) is 12.2. The number of aliphatic imine (C=N–C) groups is 1. The zero-order chi connectivity index (χ0) is 17.6. The molecule has 1 N–H and O–H groups in total. The van der Waals surface area contributed by atoms with Gasteiger partial charge in [0.15, 0.2) is 5.96 Å². The second-order valence-electron chi connectivity index (χ2n) is 7.13. The Morgan fingerprint density at radius 1 is 1.31 bits per heavy atom. The molecule has 2 fully saturated rings. The van der Waals surface area contributed by atoms with Crippen LogP contribution in [0.4, 0.5) is 0 Å². The van der Waals surface area contributed by atoms with E-state index in [1.165, 1.54) is 30.5 Å². The SMILES string of the molecule is CCNC(=NCC1CCCN1C)N1CCOC(c2ccccc2C)C1.I. The van der Waals surface area contributed by atoms with Gasteiger partial charge in [-0.15, -0.1) is 24.0 Å². The first-order valence-electron chi connectivity index (χ1n) is 9.59. The minimum absolute atomic E-state index is 0. The Morgan fingerprint density at radius 2 is 2.12 bits per heavy atom. The summed E-state index contributed by atoms with van der Waals surface area (Å²) in [6.45, 7) is 9.77. The summed E-state index contributed by atoms with van der Waals surface area (Å²) in [4.78, 5) is 9.75. The fourth-order valence-electron chi connectivity index (χ4n) is 3.81. The van der Waals surface area contributed by atoms with Crippen molar-refractivity contribution in [2.24, 2.45) is 4.99 Å². The number of aryl methyl sites for hydroxylation is 1. The molecular formula is C20H33IN4O. The van der Waals surface area contributed by atoms with Gasteiger partial charge in [0.25, 0.3) is 0 Å². The van der Waals surface area contributed by atoms with Gasteiger partial charge in [0.1, 0.15) is 6.10 Å².